The van der Waals surface area contributed by atoms with Gasteiger partial charge in [-0.25, -0.2) is 4.68 Å². The summed E-state index contributed by atoms with van der Waals surface area (Å²) in [6.07, 6.45) is 1.27. The molecule has 1 aromatic carbocycles. The number of rotatable bonds is 4. The van der Waals surface area contributed by atoms with E-state index in [1.165, 1.54) is 10.9 Å². The van der Waals surface area contributed by atoms with E-state index in [0.717, 1.165) is 31.0 Å². The van der Waals surface area contributed by atoms with Gasteiger partial charge in [-0.05, 0) is 19.9 Å². The zero-order chi connectivity index (χ0) is 16.0. The average Bonchev–Trinajstić information content (AvgIpc) is 3.07. The lowest BCUT2D eigenvalue weighted by molar-refractivity contribution is 0.0894. The molecule has 3 heterocycles. The lowest BCUT2D eigenvalue weighted by Crippen LogP contribution is -2.47. The number of likely N-dealkylation sites (tertiary alicyclic amines) is 1. The van der Waals surface area contributed by atoms with Gasteiger partial charge in [0.25, 0.3) is 0 Å². The summed E-state index contributed by atoms with van der Waals surface area (Å²) in [7, 11) is 0. The highest BCUT2D eigenvalue weighted by Gasteiger charge is 2.30. The topological polar surface area (TPSA) is 67.3 Å². The van der Waals surface area contributed by atoms with Gasteiger partial charge in [0.05, 0.1) is 18.3 Å². The van der Waals surface area contributed by atoms with Gasteiger partial charge in [-0.15, -0.1) is 5.10 Å². The van der Waals surface area contributed by atoms with Crippen LogP contribution in [-0.4, -0.2) is 38.1 Å². The number of aliphatic hydroxyl groups is 1. The molecule has 0 radical (unpaired) electrons. The zero-order valence-electron chi connectivity index (χ0n) is 13.3. The molecule has 0 saturated carbocycles. The molecule has 6 heteroatoms. The first-order chi connectivity index (χ1) is 11.1. The van der Waals surface area contributed by atoms with Crippen LogP contribution in [0.5, 0.6) is 0 Å². The molecule has 1 atom stereocenters. The Morgan fingerprint density at radius 1 is 1.35 bits per heavy atom. The molecule has 1 N–H and O–H groups in total. The molecule has 0 spiro atoms. The van der Waals surface area contributed by atoms with Gasteiger partial charge in [-0.2, -0.15) is 0 Å². The third kappa shape index (κ3) is 2.54. The van der Waals surface area contributed by atoms with E-state index in [9.17, 15) is 5.11 Å². The maximum atomic E-state index is 9.53. The Balaban J connectivity index is 1.44. The molecular weight excluding hydrogens is 292 g/mol. The van der Waals surface area contributed by atoms with E-state index in [0.29, 0.717) is 11.7 Å². The van der Waals surface area contributed by atoms with Crippen molar-refractivity contribution in [2.75, 3.05) is 13.1 Å². The van der Waals surface area contributed by atoms with Gasteiger partial charge >= 0.3 is 0 Å². The minimum absolute atomic E-state index is 0.327. The van der Waals surface area contributed by atoms with Gasteiger partial charge in [0.2, 0.25) is 0 Å². The van der Waals surface area contributed by atoms with Crippen molar-refractivity contribution in [2.24, 2.45) is 0 Å². The number of fused-ring (bicyclic) bond motifs is 1. The van der Waals surface area contributed by atoms with Crippen LogP contribution < -0.4 is 0 Å². The Morgan fingerprint density at radius 3 is 2.87 bits per heavy atom. The Bertz CT molecular complexity index is 830. The minimum Gasteiger partial charge on any atom is -0.461 e. The van der Waals surface area contributed by atoms with Crippen molar-refractivity contribution in [3.63, 3.8) is 0 Å². The van der Waals surface area contributed by atoms with Crippen LogP contribution in [0.3, 0.4) is 0 Å². The molecule has 1 unspecified atom stereocenters. The molecule has 4 rings (SSSR count). The summed E-state index contributed by atoms with van der Waals surface area (Å²) in [5.41, 5.74) is 2.84. The van der Waals surface area contributed by atoms with E-state index < -0.39 is 6.10 Å². The number of aromatic nitrogens is 3. The molecule has 1 aliphatic rings. The van der Waals surface area contributed by atoms with Gasteiger partial charge in [0.1, 0.15) is 17.0 Å². The highest BCUT2D eigenvalue weighted by atomic mass is 16.3. The molecule has 3 aromatic rings. The monoisotopic (exact) mass is 312 g/mol. The molecule has 120 valence electrons. The molecule has 23 heavy (non-hydrogen) atoms. The van der Waals surface area contributed by atoms with Crippen molar-refractivity contribution < 1.29 is 9.52 Å². The van der Waals surface area contributed by atoms with E-state index in [1.807, 2.05) is 36.0 Å². The largest absolute Gasteiger partial charge is 0.461 e. The Labute approximate surface area is 134 Å². The maximum absolute atomic E-state index is 9.53. The third-order valence-corrected chi connectivity index (χ3v) is 4.55. The fourth-order valence-corrected chi connectivity index (χ4v) is 3.14. The number of benzene rings is 1. The molecular formula is C17H20N4O2. The van der Waals surface area contributed by atoms with E-state index in [-0.39, 0.29) is 0 Å². The van der Waals surface area contributed by atoms with Crippen molar-refractivity contribution in [1.82, 2.24) is 19.9 Å². The first-order valence-corrected chi connectivity index (χ1v) is 7.91. The number of furan rings is 1. The van der Waals surface area contributed by atoms with Crippen LogP contribution >= 0.6 is 0 Å². The SMILES string of the molecule is Cc1oc2ccccc2c1CN1CC(n2cc(C(C)O)nn2)C1. The molecule has 1 saturated heterocycles. The van der Waals surface area contributed by atoms with Gasteiger partial charge in [0.15, 0.2) is 0 Å². The standard InChI is InChI=1S/C17H20N4O2/c1-11(22)16-10-21(19-18-16)13-7-20(8-13)9-15-12(2)23-17-6-4-3-5-14(15)17/h3-6,10-11,13,22H,7-9H2,1-2H3. The van der Waals surface area contributed by atoms with Crippen molar-refractivity contribution in [2.45, 2.75) is 32.5 Å². The van der Waals surface area contributed by atoms with Crippen LogP contribution in [0.2, 0.25) is 0 Å². The van der Waals surface area contributed by atoms with Gasteiger partial charge in [-0.1, -0.05) is 23.4 Å². The lowest BCUT2D eigenvalue weighted by atomic mass is 10.1. The normalized spacial score (nSPS) is 17.5. The Morgan fingerprint density at radius 2 is 2.13 bits per heavy atom. The van der Waals surface area contributed by atoms with E-state index in [2.05, 4.69) is 21.3 Å². The zero-order valence-corrected chi connectivity index (χ0v) is 13.3. The van der Waals surface area contributed by atoms with E-state index in [1.54, 1.807) is 6.92 Å². The van der Waals surface area contributed by atoms with Gasteiger partial charge in [0, 0.05) is 30.6 Å². The summed E-state index contributed by atoms with van der Waals surface area (Å²) in [6, 6.07) is 8.50. The molecule has 2 aromatic heterocycles. The third-order valence-electron chi connectivity index (χ3n) is 4.55. The van der Waals surface area contributed by atoms with Crippen LogP contribution in [-0.2, 0) is 6.54 Å². The molecule has 0 aliphatic carbocycles. The number of para-hydroxylation sites is 1. The van der Waals surface area contributed by atoms with Gasteiger partial charge in [-0.3, -0.25) is 4.90 Å². The second-order valence-electron chi connectivity index (χ2n) is 6.28. The fraction of sp³-hybridized carbons (Fsp3) is 0.412. The van der Waals surface area contributed by atoms with Gasteiger partial charge < -0.3 is 9.52 Å². The molecule has 0 bridgehead atoms. The Hall–Kier alpha value is -2.18. The molecule has 0 amide bonds. The highest BCUT2D eigenvalue weighted by molar-refractivity contribution is 5.82. The number of hydrogen-bond acceptors (Lipinski definition) is 5. The van der Waals surface area contributed by atoms with Crippen LogP contribution in [0, 0.1) is 6.92 Å². The smallest absolute Gasteiger partial charge is 0.134 e. The number of aryl methyl sites for hydroxylation is 1. The first-order valence-electron chi connectivity index (χ1n) is 7.91. The highest BCUT2D eigenvalue weighted by Crippen LogP contribution is 2.30. The van der Waals surface area contributed by atoms with Crippen LogP contribution in [0.4, 0.5) is 0 Å². The summed E-state index contributed by atoms with van der Waals surface area (Å²) < 4.78 is 7.69. The number of nitrogens with zero attached hydrogens (tertiary/aromatic N) is 4. The van der Waals surface area contributed by atoms with Crippen molar-refractivity contribution >= 4 is 11.0 Å². The van der Waals surface area contributed by atoms with E-state index in [4.69, 9.17) is 4.42 Å². The molecule has 1 fully saturated rings. The molecule has 1 aliphatic heterocycles. The summed E-state index contributed by atoms with van der Waals surface area (Å²) in [5.74, 6) is 0.992. The van der Waals surface area contributed by atoms with Crippen molar-refractivity contribution in [3.8, 4) is 0 Å². The van der Waals surface area contributed by atoms with Crippen molar-refractivity contribution in [3.05, 3.63) is 47.5 Å². The van der Waals surface area contributed by atoms with Crippen molar-refractivity contribution in [1.29, 1.82) is 0 Å². The molecule has 6 nitrogen and oxygen atoms in total. The summed E-state index contributed by atoms with van der Waals surface area (Å²) in [4.78, 5) is 2.37. The second-order valence-corrected chi connectivity index (χ2v) is 6.28. The van der Waals surface area contributed by atoms with Crippen LogP contribution in [0.1, 0.15) is 36.1 Å². The maximum Gasteiger partial charge on any atom is 0.134 e. The second kappa shape index (κ2) is 5.47. The van der Waals surface area contributed by atoms with E-state index >= 15 is 0 Å². The summed E-state index contributed by atoms with van der Waals surface area (Å²) >= 11 is 0. The predicted molar refractivity (Wildman–Crippen MR) is 85.9 cm³/mol. The minimum atomic E-state index is -0.570. The lowest BCUT2D eigenvalue weighted by Gasteiger charge is -2.38. The fourth-order valence-electron chi connectivity index (χ4n) is 3.14. The van der Waals surface area contributed by atoms with Crippen LogP contribution in [0.15, 0.2) is 34.9 Å². The van der Waals surface area contributed by atoms with Crippen LogP contribution in [0.25, 0.3) is 11.0 Å². The Kier molecular flexibility index (Phi) is 3.43. The summed E-state index contributed by atoms with van der Waals surface area (Å²) in [5, 5.41) is 18.9. The summed E-state index contributed by atoms with van der Waals surface area (Å²) in [6.45, 7) is 6.48. The first kappa shape index (κ1) is 14.4. The quantitative estimate of drug-likeness (QED) is 0.801. The average molecular weight is 312 g/mol. The number of aliphatic hydroxyl groups excluding tert-OH is 1. The number of hydrogen-bond donors (Lipinski definition) is 1. The predicted octanol–water partition coefficient (Wildman–Crippen LogP) is 2.44.